The topological polar surface area (TPSA) is 72.3 Å². The Kier molecular flexibility index (Phi) is 5.62. The second-order valence-electron chi connectivity index (χ2n) is 7.36. The number of amides is 1. The van der Waals surface area contributed by atoms with E-state index in [1.165, 1.54) is 11.3 Å². The first-order valence-electron chi connectivity index (χ1n) is 9.96. The van der Waals surface area contributed by atoms with E-state index in [-0.39, 0.29) is 5.91 Å². The lowest BCUT2D eigenvalue weighted by Gasteiger charge is -2.36. The fourth-order valence-corrected chi connectivity index (χ4v) is 3.58. The van der Waals surface area contributed by atoms with Gasteiger partial charge in [-0.3, -0.25) is 4.79 Å². The molecule has 2 heterocycles. The lowest BCUT2D eigenvalue weighted by Crippen LogP contribution is -2.48. The number of nitrogens with zero attached hydrogens (tertiary/aromatic N) is 4. The van der Waals surface area contributed by atoms with E-state index in [0.29, 0.717) is 30.0 Å². The van der Waals surface area contributed by atoms with Crippen molar-refractivity contribution in [2.45, 2.75) is 6.92 Å². The summed E-state index contributed by atoms with van der Waals surface area (Å²) in [6.45, 7) is 5.10. The molecule has 0 radical (unpaired) electrons. The molecule has 0 saturated carbocycles. The van der Waals surface area contributed by atoms with Gasteiger partial charge in [-0.05, 0) is 61.0 Å². The molecule has 1 amide bonds. The van der Waals surface area contributed by atoms with Crippen LogP contribution in [0.25, 0.3) is 0 Å². The molecule has 4 rings (SSSR count). The molecule has 6 heteroatoms. The van der Waals surface area contributed by atoms with Crippen LogP contribution in [-0.2, 0) is 0 Å². The minimum atomic E-state index is 0.0178. The highest BCUT2D eigenvalue weighted by molar-refractivity contribution is 5.95. The molecule has 1 aliphatic rings. The SMILES string of the molecule is Cc1cccc(N2CCN(C(=O)c3ccnc(Nc4ccc(C#N)cc4)c3)CC2)c1. The number of benzene rings is 2. The van der Waals surface area contributed by atoms with Crippen molar-refractivity contribution in [1.29, 1.82) is 5.26 Å². The van der Waals surface area contributed by atoms with Gasteiger partial charge < -0.3 is 15.1 Å². The van der Waals surface area contributed by atoms with Crippen molar-refractivity contribution in [2.24, 2.45) is 0 Å². The summed E-state index contributed by atoms with van der Waals surface area (Å²) < 4.78 is 0. The van der Waals surface area contributed by atoms with Gasteiger partial charge in [0.25, 0.3) is 5.91 Å². The minimum Gasteiger partial charge on any atom is -0.368 e. The van der Waals surface area contributed by atoms with Crippen molar-refractivity contribution in [3.8, 4) is 6.07 Å². The molecular formula is C24H23N5O. The first kappa shape index (κ1) is 19.5. The normalized spacial score (nSPS) is 13.6. The van der Waals surface area contributed by atoms with Gasteiger partial charge in [0, 0.05) is 49.3 Å². The van der Waals surface area contributed by atoms with Crippen LogP contribution in [0.3, 0.4) is 0 Å². The summed E-state index contributed by atoms with van der Waals surface area (Å²) in [7, 11) is 0. The predicted molar refractivity (Wildman–Crippen MR) is 118 cm³/mol. The fraction of sp³-hybridized carbons (Fsp3) is 0.208. The Morgan fingerprint density at radius 3 is 2.50 bits per heavy atom. The van der Waals surface area contributed by atoms with Crippen molar-refractivity contribution in [1.82, 2.24) is 9.88 Å². The molecule has 2 aromatic carbocycles. The summed E-state index contributed by atoms with van der Waals surface area (Å²) in [6, 6.07) is 21.2. The maximum absolute atomic E-state index is 13.0. The van der Waals surface area contributed by atoms with Gasteiger partial charge >= 0.3 is 0 Å². The van der Waals surface area contributed by atoms with E-state index in [2.05, 4.69) is 52.5 Å². The number of hydrogen-bond donors (Lipinski definition) is 1. The minimum absolute atomic E-state index is 0.0178. The monoisotopic (exact) mass is 397 g/mol. The predicted octanol–water partition coefficient (Wildman–Crippen LogP) is 3.97. The second-order valence-corrected chi connectivity index (χ2v) is 7.36. The van der Waals surface area contributed by atoms with Gasteiger partial charge in [0.1, 0.15) is 5.82 Å². The molecule has 3 aromatic rings. The summed E-state index contributed by atoms with van der Waals surface area (Å²) in [4.78, 5) is 21.5. The summed E-state index contributed by atoms with van der Waals surface area (Å²) in [5, 5.41) is 12.1. The van der Waals surface area contributed by atoms with Gasteiger partial charge in [-0.25, -0.2) is 4.98 Å². The van der Waals surface area contributed by atoms with Crippen LogP contribution in [-0.4, -0.2) is 42.0 Å². The van der Waals surface area contributed by atoms with Gasteiger partial charge in [0.15, 0.2) is 0 Å². The number of aryl methyl sites for hydroxylation is 1. The van der Waals surface area contributed by atoms with Crippen LogP contribution in [0.2, 0.25) is 0 Å². The third kappa shape index (κ3) is 4.41. The first-order valence-corrected chi connectivity index (χ1v) is 9.96. The van der Waals surface area contributed by atoms with Crippen LogP contribution in [0.5, 0.6) is 0 Å². The molecule has 0 aliphatic carbocycles. The molecule has 0 spiro atoms. The van der Waals surface area contributed by atoms with E-state index in [0.717, 1.165) is 18.8 Å². The summed E-state index contributed by atoms with van der Waals surface area (Å²) in [5.74, 6) is 0.619. The molecule has 30 heavy (non-hydrogen) atoms. The van der Waals surface area contributed by atoms with Gasteiger partial charge in [-0.1, -0.05) is 12.1 Å². The molecule has 1 saturated heterocycles. The van der Waals surface area contributed by atoms with E-state index in [1.807, 2.05) is 17.0 Å². The number of hydrogen-bond acceptors (Lipinski definition) is 5. The maximum Gasteiger partial charge on any atom is 0.254 e. The molecule has 1 N–H and O–H groups in total. The highest BCUT2D eigenvalue weighted by atomic mass is 16.2. The van der Waals surface area contributed by atoms with Crippen molar-refractivity contribution in [3.05, 3.63) is 83.6 Å². The first-order chi connectivity index (χ1) is 14.6. The van der Waals surface area contributed by atoms with Crippen LogP contribution in [0.15, 0.2) is 66.9 Å². The Morgan fingerprint density at radius 2 is 1.80 bits per heavy atom. The third-order valence-electron chi connectivity index (χ3n) is 5.23. The zero-order valence-electron chi connectivity index (χ0n) is 16.9. The molecule has 0 bridgehead atoms. The molecule has 150 valence electrons. The largest absolute Gasteiger partial charge is 0.368 e. The summed E-state index contributed by atoms with van der Waals surface area (Å²) in [6.07, 6.45) is 1.64. The number of pyridine rings is 1. The Hall–Kier alpha value is -3.85. The molecular weight excluding hydrogens is 374 g/mol. The molecule has 1 fully saturated rings. The number of aromatic nitrogens is 1. The van der Waals surface area contributed by atoms with E-state index >= 15 is 0 Å². The number of rotatable bonds is 4. The number of nitriles is 1. The maximum atomic E-state index is 13.0. The highest BCUT2D eigenvalue weighted by Crippen LogP contribution is 2.20. The molecule has 6 nitrogen and oxygen atoms in total. The van der Waals surface area contributed by atoms with Gasteiger partial charge in [-0.2, -0.15) is 5.26 Å². The number of anilines is 3. The van der Waals surface area contributed by atoms with Crippen LogP contribution in [0.1, 0.15) is 21.5 Å². The van der Waals surface area contributed by atoms with E-state index in [9.17, 15) is 4.79 Å². The second kappa shape index (κ2) is 8.66. The van der Waals surface area contributed by atoms with Crippen LogP contribution in [0, 0.1) is 18.3 Å². The van der Waals surface area contributed by atoms with Gasteiger partial charge in [0.2, 0.25) is 0 Å². The van der Waals surface area contributed by atoms with Crippen LogP contribution >= 0.6 is 0 Å². The van der Waals surface area contributed by atoms with E-state index < -0.39 is 0 Å². The van der Waals surface area contributed by atoms with Crippen molar-refractivity contribution >= 4 is 23.1 Å². The van der Waals surface area contributed by atoms with Crippen molar-refractivity contribution in [3.63, 3.8) is 0 Å². The lowest BCUT2D eigenvalue weighted by atomic mass is 10.1. The Labute approximate surface area is 176 Å². The molecule has 0 unspecified atom stereocenters. The smallest absolute Gasteiger partial charge is 0.254 e. The molecule has 1 aliphatic heterocycles. The van der Waals surface area contributed by atoms with E-state index in [1.54, 1.807) is 30.5 Å². The zero-order valence-corrected chi connectivity index (χ0v) is 16.9. The highest BCUT2D eigenvalue weighted by Gasteiger charge is 2.22. The Bertz CT molecular complexity index is 1080. The van der Waals surface area contributed by atoms with Crippen molar-refractivity contribution < 1.29 is 4.79 Å². The van der Waals surface area contributed by atoms with E-state index in [4.69, 9.17) is 5.26 Å². The van der Waals surface area contributed by atoms with Crippen molar-refractivity contribution in [2.75, 3.05) is 36.4 Å². The number of carbonyl (C=O) groups excluding carboxylic acids is 1. The quantitative estimate of drug-likeness (QED) is 0.721. The average Bonchev–Trinajstić information content (AvgIpc) is 2.79. The molecule has 1 aromatic heterocycles. The average molecular weight is 397 g/mol. The standard InChI is InChI=1S/C24H23N5O/c1-18-3-2-4-22(15-18)28-11-13-29(14-12-28)24(30)20-9-10-26-23(16-20)27-21-7-5-19(17-25)6-8-21/h2-10,15-16H,11-14H2,1H3,(H,26,27). The third-order valence-corrected chi connectivity index (χ3v) is 5.23. The Balaban J connectivity index is 1.40. The zero-order chi connectivity index (χ0) is 20.9. The summed E-state index contributed by atoms with van der Waals surface area (Å²) in [5.41, 5.74) is 4.48. The fourth-order valence-electron chi connectivity index (χ4n) is 3.58. The lowest BCUT2D eigenvalue weighted by molar-refractivity contribution is 0.0746. The van der Waals surface area contributed by atoms with Gasteiger partial charge in [0.05, 0.1) is 11.6 Å². The molecule has 0 atom stereocenters. The number of nitrogens with one attached hydrogen (secondary N) is 1. The number of carbonyl (C=O) groups is 1. The van der Waals surface area contributed by atoms with Crippen LogP contribution < -0.4 is 10.2 Å². The van der Waals surface area contributed by atoms with Crippen LogP contribution in [0.4, 0.5) is 17.2 Å². The number of piperazine rings is 1. The summed E-state index contributed by atoms with van der Waals surface area (Å²) >= 11 is 0. The van der Waals surface area contributed by atoms with Gasteiger partial charge in [-0.15, -0.1) is 0 Å². The Morgan fingerprint density at radius 1 is 1.03 bits per heavy atom.